The number of hydrogen-bond donors (Lipinski definition) is 0. The molecule has 17 heavy (non-hydrogen) atoms. The van der Waals surface area contributed by atoms with E-state index < -0.39 is 0 Å². The van der Waals surface area contributed by atoms with Crippen molar-refractivity contribution in [1.82, 2.24) is 0 Å². The summed E-state index contributed by atoms with van der Waals surface area (Å²) < 4.78 is 9.63. The lowest BCUT2D eigenvalue weighted by Crippen LogP contribution is -2.10. The van der Waals surface area contributed by atoms with Crippen molar-refractivity contribution in [3.63, 3.8) is 0 Å². The second-order valence-electron chi connectivity index (χ2n) is 4.06. The lowest BCUT2D eigenvalue weighted by atomic mass is 10.1. The SMILES string of the molecule is COC(=O)[C@@H]1C[C@H]1C(=O)c1ccc(OC)cc1. The van der Waals surface area contributed by atoms with Gasteiger partial charge in [0.15, 0.2) is 5.78 Å². The normalized spacial score (nSPS) is 21.8. The minimum atomic E-state index is -0.295. The summed E-state index contributed by atoms with van der Waals surface area (Å²) in [5.74, 6) is -0.0489. The van der Waals surface area contributed by atoms with E-state index in [1.807, 2.05) is 0 Å². The lowest BCUT2D eigenvalue weighted by Gasteiger charge is -2.02. The molecule has 0 unspecified atom stereocenters. The van der Waals surface area contributed by atoms with Gasteiger partial charge in [-0.05, 0) is 30.7 Å². The number of carbonyl (C=O) groups excluding carboxylic acids is 2. The van der Waals surface area contributed by atoms with Crippen molar-refractivity contribution in [2.45, 2.75) is 6.42 Å². The Kier molecular flexibility index (Phi) is 3.13. The molecule has 1 aliphatic carbocycles. The van der Waals surface area contributed by atoms with Gasteiger partial charge in [0, 0.05) is 11.5 Å². The Morgan fingerprint density at radius 2 is 1.76 bits per heavy atom. The van der Waals surface area contributed by atoms with Gasteiger partial charge in [0.05, 0.1) is 20.1 Å². The van der Waals surface area contributed by atoms with E-state index in [0.29, 0.717) is 17.7 Å². The maximum Gasteiger partial charge on any atom is 0.309 e. The first-order valence-electron chi connectivity index (χ1n) is 5.43. The molecule has 0 saturated heterocycles. The Morgan fingerprint density at radius 1 is 1.12 bits per heavy atom. The van der Waals surface area contributed by atoms with Crippen LogP contribution < -0.4 is 4.74 Å². The van der Waals surface area contributed by atoms with E-state index in [1.165, 1.54) is 7.11 Å². The summed E-state index contributed by atoms with van der Waals surface area (Å²) in [6, 6.07) is 6.91. The number of hydrogen-bond acceptors (Lipinski definition) is 4. The van der Waals surface area contributed by atoms with E-state index in [1.54, 1.807) is 31.4 Å². The van der Waals surface area contributed by atoms with Gasteiger partial charge in [0.2, 0.25) is 0 Å². The van der Waals surface area contributed by atoms with Crippen molar-refractivity contribution >= 4 is 11.8 Å². The van der Waals surface area contributed by atoms with E-state index >= 15 is 0 Å². The smallest absolute Gasteiger partial charge is 0.309 e. The Labute approximate surface area is 99.5 Å². The van der Waals surface area contributed by atoms with Crippen molar-refractivity contribution in [3.05, 3.63) is 29.8 Å². The standard InChI is InChI=1S/C13H14O4/c1-16-9-5-3-8(4-6-9)12(14)10-7-11(10)13(15)17-2/h3-6,10-11H,7H2,1-2H3/t10-,11-/m1/s1. The van der Waals surface area contributed by atoms with Crippen LogP contribution in [0.1, 0.15) is 16.8 Å². The summed E-state index contributed by atoms with van der Waals surface area (Å²) in [6.07, 6.45) is 0.595. The maximum atomic E-state index is 12.0. The molecule has 4 nitrogen and oxygen atoms in total. The molecule has 0 aromatic heterocycles. The lowest BCUT2D eigenvalue weighted by molar-refractivity contribution is -0.142. The molecule has 0 N–H and O–H groups in total. The molecule has 1 aromatic rings. The average Bonchev–Trinajstić information content (AvgIpc) is 3.17. The Bertz CT molecular complexity index is 435. The van der Waals surface area contributed by atoms with Crippen LogP contribution in [0.2, 0.25) is 0 Å². The molecule has 0 amide bonds. The van der Waals surface area contributed by atoms with E-state index in [0.717, 1.165) is 0 Å². The summed E-state index contributed by atoms with van der Waals surface area (Å²) in [7, 11) is 2.92. The fraction of sp³-hybridized carbons (Fsp3) is 0.385. The third-order valence-electron chi connectivity index (χ3n) is 3.01. The summed E-state index contributed by atoms with van der Waals surface area (Å²) >= 11 is 0. The number of rotatable bonds is 4. The average molecular weight is 234 g/mol. The highest BCUT2D eigenvalue weighted by molar-refractivity contribution is 6.02. The van der Waals surface area contributed by atoms with Gasteiger partial charge in [0.1, 0.15) is 5.75 Å². The molecule has 1 fully saturated rings. The van der Waals surface area contributed by atoms with Gasteiger partial charge < -0.3 is 9.47 Å². The fourth-order valence-electron chi connectivity index (χ4n) is 1.87. The third-order valence-corrected chi connectivity index (χ3v) is 3.01. The van der Waals surface area contributed by atoms with Gasteiger partial charge in [-0.3, -0.25) is 9.59 Å². The van der Waals surface area contributed by atoms with Crippen LogP contribution in [0.25, 0.3) is 0 Å². The number of carbonyl (C=O) groups is 2. The zero-order chi connectivity index (χ0) is 12.4. The molecule has 2 rings (SSSR count). The third kappa shape index (κ3) is 2.30. The minimum Gasteiger partial charge on any atom is -0.497 e. The Balaban J connectivity index is 2.04. The molecule has 0 bridgehead atoms. The molecule has 0 aliphatic heterocycles. The van der Waals surface area contributed by atoms with Gasteiger partial charge in [-0.2, -0.15) is 0 Å². The predicted octanol–water partition coefficient (Wildman–Crippen LogP) is 1.69. The van der Waals surface area contributed by atoms with Gasteiger partial charge in [-0.15, -0.1) is 0 Å². The van der Waals surface area contributed by atoms with Crippen LogP contribution in [0, 0.1) is 11.8 Å². The summed E-state index contributed by atoms with van der Waals surface area (Å²) in [5.41, 5.74) is 0.613. The van der Waals surface area contributed by atoms with E-state index in [9.17, 15) is 9.59 Å². The van der Waals surface area contributed by atoms with Crippen molar-refractivity contribution in [3.8, 4) is 5.75 Å². The highest BCUT2D eigenvalue weighted by Gasteiger charge is 2.48. The largest absolute Gasteiger partial charge is 0.497 e. The van der Waals surface area contributed by atoms with Crippen LogP contribution in [0.15, 0.2) is 24.3 Å². The van der Waals surface area contributed by atoms with E-state index in [4.69, 9.17) is 4.74 Å². The Morgan fingerprint density at radius 3 is 2.29 bits per heavy atom. The van der Waals surface area contributed by atoms with Crippen LogP contribution in [-0.4, -0.2) is 26.0 Å². The maximum absolute atomic E-state index is 12.0. The zero-order valence-electron chi connectivity index (χ0n) is 9.80. The van der Waals surface area contributed by atoms with Crippen LogP contribution in [0.5, 0.6) is 5.75 Å². The molecule has 1 aliphatic rings. The molecule has 0 spiro atoms. The number of methoxy groups -OCH3 is 2. The first-order chi connectivity index (χ1) is 8.17. The van der Waals surface area contributed by atoms with E-state index in [2.05, 4.69) is 4.74 Å². The first-order valence-corrected chi connectivity index (χ1v) is 5.43. The number of ether oxygens (including phenoxy) is 2. The van der Waals surface area contributed by atoms with Crippen LogP contribution in [0.4, 0.5) is 0 Å². The predicted molar refractivity (Wildman–Crippen MR) is 60.9 cm³/mol. The van der Waals surface area contributed by atoms with Crippen molar-refractivity contribution in [2.75, 3.05) is 14.2 Å². The molecule has 1 aromatic carbocycles. The van der Waals surface area contributed by atoms with Gasteiger partial charge >= 0.3 is 5.97 Å². The highest BCUT2D eigenvalue weighted by atomic mass is 16.5. The zero-order valence-corrected chi connectivity index (χ0v) is 9.80. The van der Waals surface area contributed by atoms with Crippen molar-refractivity contribution < 1.29 is 19.1 Å². The van der Waals surface area contributed by atoms with Gasteiger partial charge in [-0.25, -0.2) is 0 Å². The molecule has 1 saturated carbocycles. The minimum absolute atomic E-state index is 0.00283. The number of esters is 1. The number of Topliss-reactive ketones (excluding diaryl/α,β-unsaturated/α-hetero) is 1. The highest BCUT2D eigenvalue weighted by Crippen LogP contribution is 2.41. The summed E-state index contributed by atoms with van der Waals surface area (Å²) in [4.78, 5) is 23.2. The van der Waals surface area contributed by atoms with E-state index in [-0.39, 0.29) is 23.6 Å². The molecule has 90 valence electrons. The summed E-state index contributed by atoms with van der Waals surface area (Å²) in [5, 5.41) is 0. The summed E-state index contributed by atoms with van der Waals surface area (Å²) in [6.45, 7) is 0. The molecular formula is C13H14O4. The monoisotopic (exact) mass is 234 g/mol. The fourth-order valence-corrected chi connectivity index (χ4v) is 1.87. The molecular weight excluding hydrogens is 220 g/mol. The van der Waals surface area contributed by atoms with Crippen LogP contribution in [0.3, 0.4) is 0 Å². The van der Waals surface area contributed by atoms with Crippen LogP contribution >= 0.6 is 0 Å². The second-order valence-corrected chi connectivity index (χ2v) is 4.06. The number of benzene rings is 1. The van der Waals surface area contributed by atoms with Gasteiger partial charge in [0.25, 0.3) is 0 Å². The molecule has 2 atom stereocenters. The number of ketones is 1. The quantitative estimate of drug-likeness (QED) is 0.587. The second kappa shape index (κ2) is 4.57. The topological polar surface area (TPSA) is 52.6 Å². The molecule has 0 heterocycles. The Hall–Kier alpha value is -1.84. The van der Waals surface area contributed by atoms with Crippen LogP contribution in [-0.2, 0) is 9.53 Å². The van der Waals surface area contributed by atoms with Gasteiger partial charge in [-0.1, -0.05) is 0 Å². The van der Waals surface area contributed by atoms with Crippen molar-refractivity contribution in [2.24, 2.45) is 11.8 Å². The molecule has 4 heteroatoms. The first kappa shape index (κ1) is 11.6. The van der Waals surface area contributed by atoms with Crippen molar-refractivity contribution in [1.29, 1.82) is 0 Å². The molecule has 0 radical (unpaired) electrons.